The average molecular weight is 286 g/mol. The van der Waals surface area contributed by atoms with E-state index in [0.717, 1.165) is 29.7 Å². The van der Waals surface area contributed by atoms with E-state index in [1.165, 1.54) is 10.4 Å². The van der Waals surface area contributed by atoms with Crippen LogP contribution in [0.2, 0.25) is 0 Å². The lowest BCUT2D eigenvalue weighted by Crippen LogP contribution is -2.21. The molecule has 0 aliphatic carbocycles. The first-order chi connectivity index (χ1) is 9.78. The molecule has 0 radical (unpaired) electrons. The van der Waals surface area contributed by atoms with Gasteiger partial charge in [-0.2, -0.15) is 0 Å². The number of aromatic nitrogens is 1. The molecule has 3 rings (SSSR count). The third-order valence-electron chi connectivity index (χ3n) is 3.31. The smallest absolute Gasteiger partial charge is 0.134 e. The van der Waals surface area contributed by atoms with Crippen LogP contribution in [0.25, 0.3) is 11.0 Å². The lowest BCUT2D eigenvalue weighted by atomic mass is 10.1. The van der Waals surface area contributed by atoms with Crippen LogP contribution in [-0.2, 0) is 0 Å². The Morgan fingerprint density at radius 1 is 1.35 bits per heavy atom. The molecule has 0 bridgehead atoms. The Bertz CT molecular complexity index is 688. The molecule has 104 valence electrons. The largest absolute Gasteiger partial charge is 0.459 e. The van der Waals surface area contributed by atoms with Gasteiger partial charge in [-0.15, -0.1) is 11.3 Å². The van der Waals surface area contributed by atoms with Crippen molar-refractivity contribution in [1.29, 1.82) is 0 Å². The van der Waals surface area contributed by atoms with Gasteiger partial charge in [0.25, 0.3) is 0 Å². The van der Waals surface area contributed by atoms with Crippen molar-refractivity contribution < 1.29 is 4.42 Å². The maximum atomic E-state index is 6.02. The Labute approximate surface area is 122 Å². The number of hydrogen-bond donors (Lipinski definition) is 1. The number of rotatable bonds is 5. The molecule has 0 aliphatic rings. The van der Waals surface area contributed by atoms with E-state index in [2.05, 4.69) is 42.3 Å². The molecule has 1 aromatic carbocycles. The van der Waals surface area contributed by atoms with E-state index >= 15 is 0 Å². The van der Waals surface area contributed by atoms with Crippen molar-refractivity contribution in [1.82, 2.24) is 10.3 Å². The van der Waals surface area contributed by atoms with Gasteiger partial charge in [-0.25, -0.2) is 0 Å². The average Bonchev–Trinajstić information content (AvgIpc) is 3.08. The Kier molecular flexibility index (Phi) is 3.85. The minimum absolute atomic E-state index is 0.0927. The van der Waals surface area contributed by atoms with Crippen LogP contribution in [0.3, 0.4) is 0 Å². The van der Waals surface area contributed by atoms with Crippen molar-refractivity contribution in [2.45, 2.75) is 26.3 Å². The van der Waals surface area contributed by atoms with Crippen LogP contribution in [0.1, 0.15) is 35.6 Å². The van der Waals surface area contributed by atoms with Crippen molar-refractivity contribution in [3.8, 4) is 0 Å². The number of furan rings is 1. The molecule has 3 aromatic rings. The predicted octanol–water partition coefficient (Wildman–Crippen LogP) is 4.29. The van der Waals surface area contributed by atoms with E-state index in [1.54, 1.807) is 11.3 Å². The van der Waals surface area contributed by atoms with E-state index in [9.17, 15) is 0 Å². The number of aryl methyl sites for hydroxylation is 1. The van der Waals surface area contributed by atoms with Gasteiger partial charge in [-0.05, 0) is 38.1 Å². The Hall–Kier alpha value is -1.65. The van der Waals surface area contributed by atoms with Gasteiger partial charge in [0.15, 0.2) is 0 Å². The van der Waals surface area contributed by atoms with Crippen molar-refractivity contribution >= 4 is 22.3 Å². The Morgan fingerprint density at radius 2 is 2.25 bits per heavy atom. The van der Waals surface area contributed by atoms with Gasteiger partial charge in [0, 0.05) is 16.5 Å². The highest BCUT2D eigenvalue weighted by Crippen LogP contribution is 2.30. The minimum atomic E-state index is 0.0927. The third kappa shape index (κ3) is 2.62. The van der Waals surface area contributed by atoms with E-state index in [0.29, 0.717) is 0 Å². The Morgan fingerprint density at radius 3 is 3.00 bits per heavy atom. The van der Waals surface area contributed by atoms with Crippen LogP contribution in [0.4, 0.5) is 0 Å². The van der Waals surface area contributed by atoms with Crippen LogP contribution in [-0.4, -0.2) is 11.5 Å². The van der Waals surface area contributed by atoms with Crippen LogP contribution >= 0.6 is 11.3 Å². The summed E-state index contributed by atoms with van der Waals surface area (Å²) < 4.78 is 6.02. The zero-order valence-electron chi connectivity index (χ0n) is 11.7. The lowest BCUT2D eigenvalue weighted by molar-refractivity contribution is 0.473. The first-order valence-electron chi connectivity index (χ1n) is 6.90. The lowest BCUT2D eigenvalue weighted by Gasteiger charge is -2.13. The van der Waals surface area contributed by atoms with Crippen molar-refractivity contribution in [2.24, 2.45) is 0 Å². The molecule has 1 unspecified atom stereocenters. The molecule has 3 nitrogen and oxygen atoms in total. The summed E-state index contributed by atoms with van der Waals surface area (Å²) in [6.07, 6.45) is 3.01. The molecule has 2 heterocycles. The SMILES string of the molecule is CCCNC(c1cc2cc(C)ccc2o1)c1cncs1. The molecule has 20 heavy (non-hydrogen) atoms. The van der Waals surface area contributed by atoms with Crippen LogP contribution in [0.15, 0.2) is 40.4 Å². The van der Waals surface area contributed by atoms with E-state index in [4.69, 9.17) is 4.42 Å². The number of fused-ring (bicyclic) bond motifs is 1. The fourth-order valence-electron chi connectivity index (χ4n) is 2.32. The van der Waals surface area contributed by atoms with Gasteiger partial charge < -0.3 is 9.73 Å². The molecule has 1 N–H and O–H groups in total. The standard InChI is InChI=1S/C16H18N2OS/c1-3-6-18-16(15-9-17-10-20-15)14-8-12-7-11(2)4-5-13(12)19-14/h4-5,7-10,16,18H,3,6H2,1-2H3. The summed E-state index contributed by atoms with van der Waals surface area (Å²) in [6.45, 7) is 5.22. The Balaban J connectivity index is 1.99. The second-order valence-corrected chi connectivity index (χ2v) is 5.90. The maximum absolute atomic E-state index is 6.02. The molecular formula is C16H18N2OS. The molecule has 0 fully saturated rings. The summed E-state index contributed by atoms with van der Waals surface area (Å²) in [5.74, 6) is 0.961. The summed E-state index contributed by atoms with van der Waals surface area (Å²) in [5, 5.41) is 4.70. The number of nitrogens with one attached hydrogen (secondary N) is 1. The van der Waals surface area contributed by atoms with Crippen molar-refractivity contribution in [3.05, 3.63) is 52.2 Å². The molecular weight excluding hydrogens is 268 g/mol. The minimum Gasteiger partial charge on any atom is -0.459 e. The van der Waals surface area contributed by atoms with E-state index < -0.39 is 0 Å². The van der Waals surface area contributed by atoms with Crippen LogP contribution in [0, 0.1) is 6.92 Å². The number of thiazole rings is 1. The third-order valence-corrected chi connectivity index (χ3v) is 4.15. The quantitative estimate of drug-likeness (QED) is 0.760. The monoisotopic (exact) mass is 286 g/mol. The molecule has 0 spiro atoms. The summed E-state index contributed by atoms with van der Waals surface area (Å²) in [4.78, 5) is 5.37. The van der Waals surface area contributed by atoms with E-state index in [-0.39, 0.29) is 6.04 Å². The molecule has 0 saturated carbocycles. The van der Waals surface area contributed by atoms with Gasteiger partial charge in [0.2, 0.25) is 0 Å². The molecule has 1 atom stereocenters. The topological polar surface area (TPSA) is 38.1 Å². The summed E-state index contributed by atoms with van der Waals surface area (Å²) in [7, 11) is 0. The van der Waals surface area contributed by atoms with Crippen LogP contribution in [0.5, 0.6) is 0 Å². The van der Waals surface area contributed by atoms with Gasteiger partial charge in [-0.3, -0.25) is 4.98 Å². The van der Waals surface area contributed by atoms with Gasteiger partial charge in [0.05, 0.1) is 5.51 Å². The zero-order valence-corrected chi connectivity index (χ0v) is 12.5. The van der Waals surface area contributed by atoms with Gasteiger partial charge >= 0.3 is 0 Å². The highest BCUT2D eigenvalue weighted by atomic mass is 32.1. The molecule has 0 saturated heterocycles. The first kappa shape index (κ1) is 13.3. The first-order valence-corrected chi connectivity index (χ1v) is 7.77. The summed E-state index contributed by atoms with van der Waals surface area (Å²) >= 11 is 1.66. The second kappa shape index (κ2) is 5.77. The number of nitrogens with zero attached hydrogens (tertiary/aromatic N) is 1. The summed E-state index contributed by atoms with van der Waals surface area (Å²) in [5.41, 5.74) is 4.06. The van der Waals surface area contributed by atoms with Crippen LogP contribution < -0.4 is 5.32 Å². The second-order valence-electron chi connectivity index (χ2n) is 4.98. The van der Waals surface area contributed by atoms with Crippen molar-refractivity contribution in [3.63, 3.8) is 0 Å². The normalized spacial score (nSPS) is 12.9. The highest BCUT2D eigenvalue weighted by molar-refractivity contribution is 7.09. The molecule has 4 heteroatoms. The fourth-order valence-corrected chi connectivity index (χ4v) is 3.02. The summed E-state index contributed by atoms with van der Waals surface area (Å²) in [6, 6.07) is 8.51. The van der Waals surface area contributed by atoms with Gasteiger partial charge in [-0.1, -0.05) is 18.6 Å². The fraction of sp³-hybridized carbons (Fsp3) is 0.312. The predicted molar refractivity (Wildman–Crippen MR) is 83.2 cm³/mol. The number of benzene rings is 1. The molecule has 2 aromatic heterocycles. The van der Waals surface area contributed by atoms with Gasteiger partial charge in [0.1, 0.15) is 17.4 Å². The molecule has 0 amide bonds. The van der Waals surface area contributed by atoms with Crippen molar-refractivity contribution in [2.75, 3.05) is 6.54 Å². The van der Waals surface area contributed by atoms with E-state index in [1.807, 2.05) is 17.8 Å². The number of hydrogen-bond acceptors (Lipinski definition) is 4. The maximum Gasteiger partial charge on any atom is 0.134 e. The molecule has 0 aliphatic heterocycles. The zero-order chi connectivity index (χ0) is 13.9. The highest BCUT2D eigenvalue weighted by Gasteiger charge is 2.19.